The van der Waals surface area contributed by atoms with Crippen LogP contribution in [0, 0.1) is 17.3 Å². The first-order chi connectivity index (χ1) is 8.65. The number of rotatable bonds is 6. The molecule has 18 heavy (non-hydrogen) atoms. The van der Waals surface area contributed by atoms with Gasteiger partial charge >= 0.3 is 0 Å². The largest absolute Gasteiger partial charge is 0.409 e. The van der Waals surface area contributed by atoms with Gasteiger partial charge in [0.05, 0.1) is 0 Å². The fourth-order valence-corrected chi connectivity index (χ4v) is 2.57. The van der Waals surface area contributed by atoms with Crippen LogP contribution in [0.15, 0.2) is 5.16 Å². The third-order valence-corrected chi connectivity index (χ3v) is 4.40. The van der Waals surface area contributed by atoms with Crippen LogP contribution in [0.2, 0.25) is 0 Å². The summed E-state index contributed by atoms with van der Waals surface area (Å²) in [5.41, 5.74) is 5.03. The Bertz CT molecular complexity index is 368. The molecule has 0 aromatic carbocycles. The summed E-state index contributed by atoms with van der Waals surface area (Å²) < 4.78 is 0. The Kier molecular flexibility index (Phi) is 2.72. The molecule has 0 atom stereocenters. The van der Waals surface area contributed by atoms with Gasteiger partial charge in [0, 0.05) is 13.1 Å². The van der Waals surface area contributed by atoms with E-state index in [9.17, 15) is 4.79 Å². The summed E-state index contributed by atoms with van der Waals surface area (Å²) in [6.45, 7) is 1.74. The van der Waals surface area contributed by atoms with Crippen molar-refractivity contribution in [2.24, 2.45) is 28.1 Å². The second kappa shape index (κ2) is 4.14. The van der Waals surface area contributed by atoms with Crippen molar-refractivity contribution in [3.05, 3.63) is 0 Å². The van der Waals surface area contributed by atoms with Crippen molar-refractivity contribution in [2.45, 2.75) is 38.5 Å². The normalized spacial score (nSPS) is 25.9. The summed E-state index contributed by atoms with van der Waals surface area (Å²) in [6, 6.07) is 0. The molecule has 0 aliphatic heterocycles. The zero-order valence-electron chi connectivity index (χ0n) is 10.6. The van der Waals surface area contributed by atoms with E-state index in [1.54, 1.807) is 0 Å². The predicted octanol–water partition coefficient (Wildman–Crippen LogP) is 1.16. The first kappa shape index (κ1) is 11.8. The zero-order valence-corrected chi connectivity index (χ0v) is 10.6. The number of hydrogen-bond donors (Lipinski definition) is 2. The molecule has 5 heteroatoms. The lowest BCUT2D eigenvalue weighted by atomic mass is 10.0. The van der Waals surface area contributed by atoms with Crippen molar-refractivity contribution in [3.8, 4) is 0 Å². The van der Waals surface area contributed by atoms with Crippen LogP contribution in [-0.2, 0) is 4.79 Å². The first-order valence-corrected chi connectivity index (χ1v) is 6.93. The number of hydrogen-bond acceptors (Lipinski definition) is 3. The van der Waals surface area contributed by atoms with Gasteiger partial charge in [0.15, 0.2) is 5.84 Å². The molecule has 0 radical (unpaired) electrons. The minimum absolute atomic E-state index is 0.0941. The van der Waals surface area contributed by atoms with Gasteiger partial charge in [0.25, 0.3) is 0 Å². The Morgan fingerprint density at radius 3 is 2.06 bits per heavy atom. The predicted molar refractivity (Wildman–Crippen MR) is 67.1 cm³/mol. The Labute approximate surface area is 107 Å². The second-order valence-electron chi connectivity index (χ2n) is 6.16. The summed E-state index contributed by atoms with van der Waals surface area (Å²) in [6.07, 6.45) is 6.42. The number of amides is 1. The van der Waals surface area contributed by atoms with E-state index >= 15 is 0 Å². The maximum Gasteiger partial charge on any atom is 0.236 e. The third kappa shape index (κ3) is 2.18. The van der Waals surface area contributed by atoms with Gasteiger partial charge in [-0.1, -0.05) is 5.16 Å². The minimum Gasteiger partial charge on any atom is -0.409 e. The van der Waals surface area contributed by atoms with Crippen LogP contribution in [0.1, 0.15) is 38.5 Å². The van der Waals surface area contributed by atoms with Crippen LogP contribution < -0.4 is 5.73 Å². The topological polar surface area (TPSA) is 78.9 Å². The van der Waals surface area contributed by atoms with Gasteiger partial charge in [-0.05, 0) is 50.4 Å². The molecule has 0 heterocycles. The molecular formula is C13H21N3O2. The average molecular weight is 251 g/mol. The third-order valence-electron chi connectivity index (χ3n) is 4.40. The Morgan fingerprint density at radius 1 is 1.22 bits per heavy atom. The molecule has 0 bridgehead atoms. The number of nitrogens with two attached hydrogens (primary N) is 1. The highest BCUT2D eigenvalue weighted by Crippen LogP contribution is 2.48. The van der Waals surface area contributed by atoms with Crippen molar-refractivity contribution >= 4 is 11.7 Å². The van der Waals surface area contributed by atoms with E-state index in [0.29, 0.717) is 11.8 Å². The van der Waals surface area contributed by atoms with E-state index in [-0.39, 0.29) is 11.7 Å². The first-order valence-electron chi connectivity index (χ1n) is 6.93. The number of oxime groups is 1. The minimum atomic E-state index is -0.668. The molecule has 0 aromatic heterocycles. The lowest BCUT2D eigenvalue weighted by Crippen LogP contribution is -2.45. The average Bonchev–Trinajstić information content (AvgIpc) is 3.23. The van der Waals surface area contributed by atoms with Crippen LogP contribution >= 0.6 is 0 Å². The van der Waals surface area contributed by atoms with Crippen LogP contribution in [0.3, 0.4) is 0 Å². The number of carbonyl (C=O) groups is 1. The molecular weight excluding hydrogens is 230 g/mol. The quantitative estimate of drug-likeness (QED) is 0.322. The van der Waals surface area contributed by atoms with Gasteiger partial charge < -0.3 is 15.8 Å². The van der Waals surface area contributed by atoms with Crippen molar-refractivity contribution in [1.29, 1.82) is 0 Å². The van der Waals surface area contributed by atoms with E-state index in [4.69, 9.17) is 10.9 Å². The smallest absolute Gasteiger partial charge is 0.236 e. The zero-order chi connectivity index (χ0) is 12.8. The molecule has 100 valence electrons. The monoisotopic (exact) mass is 251 g/mol. The van der Waals surface area contributed by atoms with Gasteiger partial charge in [-0.3, -0.25) is 4.79 Å². The van der Waals surface area contributed by atoms with Crippen molar-refractivity contribution in [3.63, 3.8) is 0 Å². The molecule has 3 N–H and O–H groups in total. The molecule has 3 aliphatic carbocycles. The molecule has 1 amide bonds. The Morgan fingerprint density at radius 2 is 1.72 bits per heavy atom. The Balaban J connectivity index is 1.69. The molecule has 5 nitrogen and oxygen atoms in total. The summed E-state index contributed by atoms with van der Waals surface area (Å²) in [7, 11) is 0. The van der Waals surface area contributed by atoms with Crippen molar-refractivity contribution in [2.75, 3.05) is 13.1 Å². The van der Waals surface area contributed by atoms with Gasteiger partial charge in [-0.25, -0.2) is 0 Å². The molecule has 3 fully saturated rings. The fourth-order valence-electron chi connectivity index (χ4n) is 2.57. The highest BCUT2D eigenvalue weighted by molar-refractivity contribution is 6.09. The molecule has 3 aliphatic rings. The van der Waals surface area contributed by atoms with E-state index in [1.165, 1.54) is 25.7 Å². The highest BCUT2D eigenvalue weighted by atomic mass is 16.4. The molecule has 3 rings (SSSR count). The van der Waals surface area contributed by atoms with Gasteiger partial charge in [0.2, 0.25) is 5.91 Å². The summed E-state index contributed by atoms with van der Waals surface area (Å²) >= 11 is 0. The fraction of sp³-hybridized carbons (Fsp3) is 0.846. The second-order valence-corrected chi connectivity index (χ2v) is 6.16. The SMILES string of the molecule is NC(=NO)C1(C(=O)N(CC2CC2)CC2CC2)CC1. The summed E-state index contributed by atoms with van der Waals surface area (Å²) in [5, 5.41) is 11.9. The van der Waals surface area contributed by atoms with E-state index in [1.807, 2.05) is 4.90 Å². The van der Waals surface area contributed by atoms with Crippen LogP contribution in [0.5, 0.6) is 0 Å². The molecule has 0 unspecified atom stereocenters. The van der Waals surface area contributed by atoms with E-state index < -0.39 is 5.41 Å². The van der Waals surface area contributed by atoms with Gasteiger partial charge in [0.1, 0.15) is 5.41 Å². The highest BCUT2D eigenvalue weighted by Gasteiger charge is 2.56. The molecule has 3 saturated carbocycles. The van der Waals surface area contributed by atoms with Crippen LogP contribution in [0.25, 0.3) is 0 Å². The van der Waals surface area contributed by atoms with Crippen LogP contribution in [-0.4, -0.2) is 34.9 Å². The summed E-state index contributed by atoms with van der Waals surface area (Å²) in [5.74, 6) is 1.58. The summed E-state index contributed by atoms with van der Waals surface area (Å²) in [4.78, 5) is 14.6. The van der Waals surface area contributed by atoms with Crippen LogP contribution in [0.4, 0.5) is 0 Å². The lowest BCUT2D eigenvalue weighted by molar-refractivity contribution is -0.135. The van der Waals surface area contributed by atoms with E-state index in [2.05, 4.69) is 5.16 Å². The number of amidine groups is 1. The van der Waals surface area contributed by atoms with Gasteiger partial charge in [-0.2, -0.15) is 0 Å². The maximum absolute atomic E-state index is 12.6. The van der Waals surface area contributed by atoms with Crippen molar-refractivity contribution in [1.82, 2.24) is 4.90 Å². The van der Waals surface area contributed by atoms with Crippen molar-refractivity contribution < 1.29 is 10.0 Å². The molecule has 0 aromatic rings. The lowest BCUT2D eigenvalue weighted by Gasteiger charge is -2.27. The number of carbonyl (C=O) groups excluding carboxylic acids is 1. The maximum atomic E-state index is 12.6. The van der Waals surface area contributed by atoms with E-state index in [0.717, 1.165) is 25.9 Å². The molecule has 0 saturated heterocycles. The molecule has 0 spiro atoms. The Hall–Kier alpha value is -1.26. The van der Waals surface area contributed by atoms with Gasteiger partial charge in [-0.15, -0.1) is 0 Å². The number of nitrogens with zero attached hydrogens (tertiary/aromatic N) is 2. The standard InChI is InChI=1S/C13H21N3O2/c14-11(15-18)13(5-6-13)12(17)16(7-9-1-2-9)8-10-3-4-10/h9-10,18H,1-8H2,(H2,14,15).